The van der Waals surface area contributed by atoms with Crippen LogP contribution in [-0.2, 0) is 10.3 Å². The number of amides is 3. The van der Waals surface area contributed by atoms with Gasteiger partial charge in [-0.15, -0.1) is 11.3 Å². The molecule has 0 aliphatic carbocycles. The summed E-state index contributed by atoms with van der Waals surface area (Å²) in [5.41, 5.74) is 0.684. The van der Waals surface area contributed by atoms with Crippen LogP contribution in [0.4, 0.5) is 4.79 Å². The van der Waals surface area contributed by atoms with Crippen LogP contribution in [0.15, 0.2) is 48.5 Å². The van der Waals surface area contributed by atoms with Crippen LogP contribution in [0.2, 0.25) is 0 Å². The van der Waals surface area contributed by atoms with Crippen LogP contribution < -0.4 is 10.1 Å². The maximum Gasteiger partial charge on any atom is 0.326 e. The van der Waals surface area contributed by atoms with Crippen molar-refractivity contribution in [1.82, 2.24) is 20.1 Å². The van der Waals surface area contributed by atoms with E-state index in [0.717, 1.165) is 31.4 Å². The SMILES string of the molecule is COc1cccc(C2(C)NC(=O)N(CN3CCC(c4nc5ccccc5s4)CC3)C2=O)c1. The molecule has 3 heterocycles. The van der Waals surface area contributed by atoms with Gasteiger partial charge in [0.15, 0.2) is 0 Å². The van der Waals surface area contributed by atoms with Crippen LogP contribution >= 0.6 is 11.3 Å². The zero-order chi connectivity index (χ0) is 22.3. The highest BCUT2D eigenvalue weighted by atomic mass is 32.1. The van der Waals surface area contributed by atoms with Gasteiger partial charge in [0.2, 0.25) is 0 Å². The number of nitrogens with zero attached hydrogens (tertiary/aromatic N) is 3. The van der Waals surface area contributed by atoms with Crippen molar-refractivity contribution in [2.45, 2.75) is 31.2 Å². The number of benzene rings is 2. The van der Waals surface area contributed by atoms with Gasteiger partial charge in [0.05, 0.1) is 29.0 Å². The standard InChI is InChI=1S/C24H26N4O3S/c1-24(17-6-5-7-18(14-17)31-2)22(29)28(23(30)26-24)15-27-12-10-16(11-13-27)21-25-19-8-3-4-9-20(19)32-21/h3-9,14,16H,10-13,15H2,1-2H3,(H,26,30). The topological polar surface area (TPSA) is 74.8 Å². The number of likely N-dealkylation sites (tertiary alicyclic amines) is 1. The zero-order valence-electron chi connectivity index (χ0n) is 18.2. The number of aromatic nitrogens is 1. The van der Waals surface area contributed by atoms with Gasteiger partial charge >= 0.3 is 6.03 Å². The summed E-state index contributed by atoms with van der Waals surface area (Å²) in [6.45, 7) is 3.71. The smallest absolute Gasteiger partial charge is 0.326 e. The minimum Gasteiger partial charge on any atom is -0.497 e. The molecule has 3 aromatic rings. The van der Waals surface area contributed by atoms with E-state index in [1.165, 1.54) is 14.6 Å². The molecule has 5 rings (SSSR count). The number of piperidine rings is 1. The highest BCUT2D eigenvalue weighted by Crippen LogP contribution is 2.35. The molecular weight excluding hydrogens is 424 g/mol. The lowest BCUT2D eigenvalue weighted by molar-refractivity contribution is -0.132. The van der Waals surface area contributed by atoms with Crippen molar-refractivity contribution >= 4 is 33.5 Å². The molecule has 0 saturated carbocycles. The fourth-order valence-electron chi connectivity index (χ4n) is 4.54. The molecule has 8 heteroatoms. The van der Waals surface area contributed by atoms with Gasteiger partial charge in [-0.3, -0.25) is 9.69 Å². The first-order valence-corrected chi connectivity index (χ1v) is 11.7. The summed E-state index contributed by atoms with van der Waals surface area (Å²) in [4.78, 5) is 34.3. The number of hydrogen-bond acceptors (Lipinski definition) is 6. The average molecular weight is 451 g/mol. The largest absolute Gasteiger partial charge is 0.497 e. The van der Waals surface area contributed by atoms with Gasteiger partial charge in [-0.2, -0.15) is 0 Å². The van der Waals surface area contributed by atoms with Crippen molar-refractivity contribution in [2.24, 2.45) is 0 Å². The molecule has 0 radical (unpaired) electrons. The Labute approximate surface area is 191 Å². The van der Waals surface area contributed by atoms with Crippen LogP contribution in [0, 0.1) is 0 Å². The molecule has 0 spiro atoms. The minimum absolute atomic E-state index is 0.232. The van der Waals surface area contributed by atoms with E-state index in [-0.39, 0.29) is 11.9 Å². The molecule has 2 aliphatic heterocycles. The molecule has 1 aromatic heterocycles. The Kier molecular flexibility index (Phi) is 5.35. The number of rotatable bonds is 5. The molecule has 1 N–H and O–H groups in total. The number of methoxy groups -OCH3 is 1. The summed E-state index contributed by atoms with van der Waals surface area (Å²) in [6.07, 6.45) is 1.94. The van der Waals surface area contributed by atoms with Gasteiger partial charge in [-0.05, 0) is 49.6 Å². The van der Waals surface area contributed by atoms with Gasteiger partial charge in [-0.1, -0.05) is 24.3 Å². The number of urea groups is 1. The zero-order valence-corrected chi connectivity index (χ0v) is 19.0. The first kappa shape index (κ1) is 20.9. The maximum atomic E-state index is 13.3. The van der Waals surface area contributed by atoms with E-state index in [9.17, 15) is 9.59 Å². The third-order valence-corrected chi connectivity index (χ3v) is 7.71. The number of thiazole rings is 1. The van der Waals surface area contributed by atoms with Gasteiger partial charge < -0.3 is 10.1 Å². The molecule has 1 unspecified atom stereocenters. The maximum absolute atomic E-state index is 13.3. The van der Waals surface area contributed by atoms with E-state index >= 15 is 0 Å². The first-order chi connectivity index (χ1) is 15.5. The second-order valence-corrected chi connectivity index (χ2v) is 9.64. The van der Waals surface area contributed by atoms with Crippen LogP contribution in [-0.4, -0.2) is 53.6 Å². The molecular formula is C24H26N4O3S. The van der Waals surface area contributed by atoms with Crippen LogP contribution in [0.3, 0.4) is 0 Å². The molecule has 2 aliphatic rings. The quantitative estimate of drug-likeness (QED) is 0.597. The minimum atomic E-state index is -1.09. The molecule has 2 saturated heterocycles. The Bertz CT molecular complexity index is 1140. The normalized spacial score (nSPS) is 22.5. The van der Waals surface area contributed by atoms with Crippen molar-refractivity contribution in [3.8, 4) is 5.75 Å². The van der Waals surface area contributed by atoms with Crippen LogP contribution in [0.25, 0.3) is 10.2 Å². The third-order valence-electron chi connectivity index (χ3n) is 6.51. The number of hydrogen-bond donors (Lipinski definition) is 1. The number of carbonyl (C=O) groups excluding carboxylic acids is 2. The number of fused-ring (bicyclic) bond motifs is 1. The second-order valence-electron chi connectivity index (χ2n) is 8.57. The van der Waals surface area contributed by atoms with E-state index in [1.807, 2.05) is 30.3 Å². The van der Waals surface area contributed by atoms with E-state index in [2.05, 4.69) is 22.3 Å². The van der Waals surface area contributed by atoms with Crippen molar-refractivity contribution in [3.63, 3.8) is 0 Å². The number of nitrogens with one attached hydrogen (secondary N) is 1. The molecule has 2 aromatic carbocycles. The third kappa shape index (κ3) is 3.63. The summed E-state index contributed by atoms with van der Waals surface area (Å²) in [6, 6.07) is 15.2. The Morgan fingerprint density at radius 3 is 2.69 bits per heavy atom. The van der Waals surface area contributed by atoms with Gasteiger partial charge in [-0.25, -0.2) is 14.7 Å². The lowest BCUT2D eigenvalue weighted by Crippen LogP contribution is -2.46. The summed E-state index contributed by atoms with van der Waals surface area (Å²) < 4.78 is 6.51. The summed E-state index contributed by atoms with van der Waals surface area (Å²) in [5, 5.41) is 4.07. The summed E-state index contributed by atoms with van der Waals surface area (Å²) in [7, 11) is 1.58. The van der Waals surface area contributed by atoms with Crippen molar-refractivity contribution in [1.29, 1.82) is 0 Å². The first-order valence-electron chi connectivity index (χ1n) is 10.8. The highest BCUT2D eigenvalue weighted by molar-refractivity contribution is 7.18. The average Bonchev–Trinajstić information content (AvgIpc) is 3.35. The van der Waals surface area contributed by atoms with Crippen molar-refractivity contribution < 1.29 is 14.3 Å². The highest BCUT2D eigenvalue weighted by Gasteiger charge is 2.49. The monoisotopic (exact) mass is 450 g/mol. The van der Waals surface area contributed by atoms with Crippen molar-refractivity contribution in [2.75, 3.05) is 26.9 Å². The fraction of sp³-hybridized carbons (Fsp3) is 0.375. The molecule has 2 fully saturated rings. The number of para-hydroxylation sites is 1. The lowest BCUT2D eigenvalue weighted by Gasteiger charge is -2.33. The predicted molar refractivity (Wildman–Crippen MR) is 124 cm³/mol. The Morgan fingerprint density at radius 2 is 1.94 bits per heavy atom. The van der Waals surface area contributed by atoms with Crippen LogP contribution in [0.5, 0.6) is 5.75 Å². The van der Waals surface area contributed by atoms with E-state index in [0.29, 0.717) is 23.9 Å². The number of ether oxygens (including phenoxy) is 1. The molecule has 166 valence electrons. The van der Waals surface area contributed by atoms with Gasteiger partial charge in [0, 0.05) is 19.0 Å². The summed E-state index contributed by atoms with van der Waals surface area (Å²) in [5.74, 6) is 0.846. The molecule has 1 atom stereocenters. The Hall–Kier alpha value is -2.97. The van der Waals surface area contributed by atoms with Gasteiger partial charge in [0.1, 0.15) is 11.3 Å². The van der Waals surface area contributed by atoms with E-state index in [4.69, 9.17) is 9.72 Å². The second kappa shape index (κ2) is 8.18. The molecule has 7 nitrogen and oxygen atoms in total. The predicted octanol–water partition coefficient (Wildman–Crippen LogP) is 3.91. The summed E-state index contributed by atoms with van der Waals surface area (Å²) >= 11 is 1.77. The number of carbonyl (C=O) groups is 2. The van der Waals surface area contributed by atoms with Crippen LogP contribution in [0.1, 0.15) is 36.3 Å². The molecule has 0 bridgehead atoms. The van der Waals surface area contributed by atoms with E-state index < -0.39 is 5.54 Å². The number of imide groups is 1. The fourth-order valence-corrected chi connectivity index (χ4v) is 5.68. The molecule has 32 heavy (non-hydrogen) atoms. The molecule has 3 amide bonds. The van der Waals surface area contributed by atoms with E-state index in [1.54, 1.807) is 31.4 Å². The van der Waals surface area contributed by atoms with Gasteiger partial charge in [0.25, 0.3) is 5.91 Å². The Balaban J connectivity index is 1.25. The Morgan fingerprint density at radius 1 is 1.16 bits per heavy atom. The van der Waals surface area contributed by atoms with Crippen molar-refractivity contribution in [3.05, 3.63) is 59.1 Å². The lowest BCUT2D eigenvalue weighted by atomic mass is 9.92.